The molecule has 0 spiro atoms. The van der Waals surface area contributed by atoms with Gasteiger partial charge >= 0.3 is 0 Å². The van der Waals surface area contributed by atoms with Crippen molar-refractivity contribution in [1.29, 1.82) is 0 Å². The van der Waals surface area contributed by atoms with Crippen LogP contribution in [0.5, 0.6) is 0 Å². The maximum atomic E-state index is 10.7. The minimum atomic E-state index is -0.362. The van der Waals surface area contributed by atoms with Crippen molar-refractivity contribution in [2.75, 3.05) is 25.5 Å². The lowest BCUT2D eigenvalue weighted by atomic mass is 10.00. The molecular weight excluding hydrogens is 326 g/mol. The standard InChI is InChI=1S/C20H27N5O/c1-14(21)18(19(26)15-7-4-3-5-8-15)17-10-11-22-20(24-17)23-13-16-9-6-12-25(16)2/h3-5,7-8,10-11,14,16,26H,6,9,12-13,21H2,1-2H3,(H,22,23,24). The summed E-state index contributed by atoms with van der Waals surface area (Å²) in [6.45, 7) is 3.79. The number of aliphatic hydroxyl groups is 1. The second kappa shape index (κ2) is 8.29. The lowest BCUT2D eigenvalue weighted by Crippen LogP contribution is -2.32. The highest BCUT2D eigenvalue weighted by atomic mass is 16.3. The maximum Gasteiger partial charge on any atom is 0.223 e. The number of aliphatic hydroxyl groups excluding tert-OH is 1. The van der Waals surface area contributed by atoms with E-state index >= 15 is 0 Å². The minimum absolute atomic E-state index is 0.153. The molecule has 1 aromatic heterocycles. The van der Waals surface area contributed by atoms with Crippen molar-refractivity contribution in [2.24, 2.45) is 5.73 Å². The van der Waals surface area contributed by atoms with Crippen molar-refractivity contribution < 1.29 is 5.11 Å². The molecule has 1 aliphatic heterocycles. The molecule has 0 radical (unpaired) electrons. The van der Waals surface area contributed by atoms with E-state index in [1.54, 1.807) is 12.3 Å². The number of rotatable bonds is 6. The van der Waals surface area contributed by atoms with Gasteiger partial charge in [-0.15, -0.1) is 0 Å². The Kier molecular flexibility index (Phi) is 5.85. The number of anilines is 1. The summed E-state index contributed by atoms with van der Waals surface area (Å²) in [5.74, 6) is 0.711. The summed E-state index contributed by atoms with van der Waals surface area (Å²) < 4.78 is 0. The molecule has 0 bridgehead atoms. The van der Waals surface area contributed by atoms with E-state index < -0.39 is 0 Å². The second-order valence-corrected chi connectivity index (χ2v) is 6.84. The molecule has 2 aromatic rings. The molecule has 1 saturated heterocycles. The zero-order chi connectivity index (χ0) is 18.5. The van der Waals surface area contributed by atoms with Gasteiger partial charge < -0.3 is 21.1 Å². The SMILES string of the molecule is CC(N)C(=C(O)c1ccccc1)c1ccnc(NCC2CCCN2C)n1. The monoisotopic (exact) mass is 353 g/mol. The van der Waals surface area contributed by atoms with E-state index in [0.717, 1.165) is 18.7 Å². The number of hydrogen-bond acceptors (Lipinski definition) is 6. The number of benzene rings is 1. The van der Waals surface area contributed by atoms with Gasteiger partial charge in [-0.3, -0.25) is 0 Å². The summed E-state index contributed by atoms with van der Waals surface area (Å²) >= 11 is 0. The summed E-state index contributed by atoms with van der Waals surface area (Å²) in [4.78, 5) is 11.3. The molecule has 6 nitrogen and oxygen atoms in total. The first-order chi connectivity index (χ1) is 12.6. The third-order valence-electron chi connectivity index (χ3n) is 4.86. The van der Waals surface area contributed by atoms with E-state index in [2.05, 4.69) is 27.2 Å². The molecule has 1 aliphatic rings. The normalized spacial score (nSPS) is 19.9. The van der Waals surface area contributed by atoms with Crippen molar-refractivity contribution in [3.8, 4) is 0 Å². The predicted molar refractivity (Wildman–Crippen MR) is 106 cm³/mol. The Morgan fingerprint density at radius 3 is 2.77 bits per heavy atom. The molecule has 4 N–H and O–H groups in total. The van der Waals surface area contributed by atoms with Crippen LogP contribution in [0.4, 0.5) is 5.95 Å². The van der Waals surface area contributed by atoms with E-state index in [0.29, 0.717) is 23.3 Å². The zero-order valence-corrected chi connectivity index (χ0v) is 15.4. The second-order valence-electron chi connectivity index (χ2n) is 6.84. The van der Waals surface area contributed by atoms with Gasteiger partial charge in [0, 0.05) is 36.0 Å². The van der Waals surface area contributed by atoms with E-state index in [4.69, 9.17) is 5.73 Å². The molecule has 0 amide bonds. The third-order valence-corrected chi connectivity index (χ3v) is 4.86. The minimum Gasteiger partial charge on any atom is -0.507 e. The number of likely N-dealkylation sites (tertiary alicyclic amines) is 1. The number of nitrogens with two attached hydrogens (primary N) is 1. The third kappa shape index (κ3) is 4.20. The number of aromatic nitrogens is 2. The predicted octanol–water partition coefficient (Wildman–Crippen LogP) is 2.76. The molecule has 6 heteroatoms. The fourth-order valence-corrected chi connectivity index (χ4v) is 3.36. The van der Waals surface area contributed by atoms with Crippen molar-refractivity contribution in [3.63, 3.8) is 0 Å². The summed E-state index contributed by atoms with van der Waals surface area (Å²) in [5.41, 5.74) is 8.11. The van der Waals surface area contributed by atoms with Crippen LogP contribution in [0, 0.1) is 0 Å². The van der Waals surface area contributed by atoms with Gasteiger partial charge in [-0.05, 0) is 39.4 Å². The Labute approximate surface area is 154 Å². The van der Waals surface area contributed by atoms with Crippen LogP contribution in [-0.4, -0.2) is 52.2 Å². The van der Waals surface area contributed by atoms with Crippen LogP contribution in [0.3, 0.4) is 0 Å². The number of nitrogens with zero attached hydrogens (tertiary/aromatic N) is 3. The number of hydrogen-bond donors (Lipinski definition) is 3. The Hall–Kier alpha value is -2.44. The van der Waals surface area contributed by atoms with Crippen LogP contribution < -0.4 is 11.1 Å². The molecule has 1 fully saturated rings. The zero-order valence-electron chi connectivity index (χ0n) is 15.4. The van der Waals surface area contributed by atoms with Crippen molar-refractivity contribution >= 4 is 17.3 Å². The lowest BCUT2D eigenvalue weighted by Gasteiger charge is -2.20. The quantitative estimate of drug-likeness (QED) is 0.692. The molecular formula is C20H27N5O. The van der Waals surface area contributed by atoms with E-state index in [9.17, 15) is 5.11 Å². The fourth-order valence-electron chi connectivity index (χ4n) is 3.36. The van der Waals surface area contributed by atoms with Gasteiger partial charge in [-0.1, -0.05) is 30.3 Å². The highest BCUT2D eigenvalue weighted by Gasteiger charge is 2.21. The first-order valence-corrected chi connectivity index (χ1v) is 9.08. The van der Waals surface area contributed by atoms with Gasteiger partial charge in [0.2, 0.25) is 5.95 Å². The van der Waals surface area contributed by atoms with Crippen LogP contribution in [-0.2, 0) is 0 Å². The highest BCUT2D eigenvalue weighted by Crippen LogP contribution is 2.26. The van der Waals surface area contributed by atoms with Crippen LogP contribution in [0.25, 0.3) is 11.3 Å². The van der Waals surface area contributed by atoms with Crippen LogP contribution in [0.1, 0.15) is 31.0 Å². The smallest absolute Gasteiger partial charge is 0.223 e. The van der Waals surface area contributed by atoms with Crippen molar-refractivity contribution in [3.05, 3.63) is 53.9 Å². The molecule has 2 heterocycles. The molecule has 2 unspecified atom stereocenters. The van der Waals surface area contributed by atoms with Gasteiger partial charge in [-0.2, -0.15) is 0 Å². The summed E-state index contributed by atoms with van der Waals surface area (Å²) in [6, 6.07) is 11.3. The molecule has 2 atom stereocenters. The lowest BCUT2D eigenvalue weighted by molar-refractivity contribution is 0.322. The fraction of sp³-hybridized carbons (Fsp3) is 0.400. The van der Waals surface area contributed by atoms with Gasteiger partial charge in [0.05, 0.1) is 5.69 Å². The van der Waals surface area contributed by atoms with Crippen LogP contribution in [0.2, 0.25) is 0 Å². The summed E-state index contributed by atoms with van der Waals surface area (Å²) in [5, 5.41) is 14.1. The number of likely N-dealkylation sites (N-methyl/N-ethyl adjacent to an activating group) is 1. The van der Waals surface area contributed by atoms with Gasteiger partial charge in [0.1, 0.15) is 5.76 Å². The van der Waals surface area contributed by atoms with Gasteiger partial charge in [-0.25, -0.2) is 9.97 Å². The highest BCUT2D eigenvalue weighted by molar-refractivity contribution is 5.87. The van der Waals surface area contributed by atoms with Crippen LogP contribution in [0.15, 0.2) is 42.6 Å². The molecule has 0 aliphatic carbocycles. The van der Waals surface area contributed by atoms with Gasteiger partial charge in [0.25, 0.3) is 0 Å². The first-order valence-electron chi connectivity index (χ1n) is 9.08. The molecule has 138 valence electrons. The van der Waals surface area contributed by atoms with Crippen molar-refractivity contribution in [2.45, 2.75) is 31.8 Å². The van der Waals surface area contributed by atoms with E-state index in [-0.39, 0.29) is 11.8 Å². The Morgan fingerprint density at radius 2 is 2.12 bits per heavy atom. The summed E-state index contributed by atoms with van der Waals surface area (Å²) in [7, 11) is 2.14. The molecule has 0 saturated carbocycles. The first kappa shape index (κ1) is 18.4. The van der Waals surface area contributed by atoms with Crippen molar-refractivity contribution in [1.82, 2.24) is 14.9 Å². The van der Waals surface area contributed by atoms with E-state index in [1.165, 1.54) is 12.8 Å². The molecule has 1 aromatic carbocycles. The molecule has 3 rings (SSSR count). The molecule has 26 heavy (non-hydrogen) atoms. The largest absolute Gasteiger partial charge is 0.507 e. The van der Waals surface area contributed by atoms with Gasteiger partial charge in [0.15, 0.2) is 0 Å². The van der Waals surface area contributed by atoms with Crippen LogP contribution >= 0.6 is 0 Å². The number of nitrogens with one attached hydrogen (secondary N) is 1. The average Bonchev–Trinajstić information content (AvgIpc) is 3.06. The maximum absolute atomic E-state index is 10.7. The Balaban J connectivity index is 1.84. The summed E-state index contributed by atoms with van der Waals surface area (Å²) in [6.07, 6.45) is 4.11. The Bertz CT molecular complexity index is 760. The average molecular weight is 353 g/mol. The van der Waals surface area contributed by atoms with E-state index in [1.807, 2.05) is 37.3 Å². The Morgan fingerprint density at radius 1 is 1.35 bits per heavy atom. The topological polar surface area (TPSA) is 87.3 Å².